The van der Waals surface area contributed by atoms with Crippen molar-refractivity contribution in [1.82, 2.24) is 0 Å². The number of rotatable bonds is 50. The lowest BCUT2D eigenvalue weighted by atomic mass is 10.1. The molecule has 0 saturated carbocycles. The molecule has 0 aromatic carbocycles. The van der Waals surface area contributed by atoms with Crippen molar-refractivity contribution in [3.05, 3.63) is 109 Å². The van der Waals surface area contributed by atoms with Crippen LogP contribution >= 0.6 is 7.82 Å². The number of hydrogen-bond acceptors (Lipinski definition) is 10. The van der Waals surface area contributed by atoms with Crippen LogP contribution in [0.15, 0.2) is 109 Å². The number of carbonyl (C=O) groups is 3. The number of hydrogen-bond donors (Lipinski definition) is 2. The summed E-state index contributed by atoms with van der Waals surface area (Å²) in [4.78, 5) is 48.4. The van der Waals surface area contributed by atoms with Gasteiger partial charge in [0.15, 0.2) is 6.10 Å². The number of phosphoric acid groups is 1. The summed E-state index contributed by atoms with van der Waals surface area (Å²) in [6.45, 7) is 4.28. The maximum Gasteiger partial charge on any atom is 0.472 e. The molecule has 0 saturated heterocycles. The molecule has 2 N–H and O–H groups in total. The minimum absolute atomic E-state index is 0.134. The monoisotopic (exact) mass is 1030 g/mol. The third kappa shape index (κ3) is 51.1. The molecule has 11 nitrogen and oxygen atoms in total. The number of unbranched alkanes of at least 4 members (excludes halogenated alkanes) is 15. The van der Waals surface area contributed by atoms with Crippen LogP contribution in [0.2, 0.25) is 0 Å². The third-order valence-electron chi connectivity index (χ3n) is 11.2. The summed E-state index contributed by atoms with van der Waals surface area (Å²) in [5, 5.41) is 9.79. The molecular weight excluding hydrogens is 928 g/mol. The van der Waals surface area contributed by atoms with E-state index in [1.54, 1.807) is 0 Å². The van der Waals surface area contributed by atoms with Crippen LogP contribution < -0.4 is 0 Å². The van der Waals surface area contributed by atoms with Gasteiger partial charge in [-0.1, -0.05) is 182 Å². The van der Waals surface area contributed by atoms with Gasteiger partial charge in [0, 0.05) is 19.3 Å². The Kier molecular flexibility index (Phi) is 50.6. The average Bonchev–Trinajstić information content (AvgIpc) is 3.37. The lowest BCUT2D eigenvalue weighted by molar-refractivity contribution is -0.161. The van der Waals surface area contributed by atoms with E-state index in [4.69, 9.17) is 23.3 Å². The fraction of sp³-hybridized carbons (Fsp3) is 0.650. The smallest absolute Gasteiger partial charge is 0.462 e. The zero-order valence-electron chi connectivity index (χ0n) is 45.1. The molecule has 0 amide bonds. The quantitative estimate of drug-likeness (QED) is 0.0197. The van der Waals surface area contributed by atoms with E-state index in [-0.39, 0.29) is 25.9 Å². The van der Waals surface area contributed by atoms with E-state index in [1.807, 2.05) is 0 Å². The summed E-state index contributed by atoms with van der Waals surface area (Å²) in [6.07, 6.45) is 63.4. The normalized spacial score (nSPS) is 14.2. The molecule has 0 bridgehead atoms. The van der Waals surface area contributed by atoms with Crippen LogP contribution in [0.5, 0.6) is 0 Å². The molecule has 0 fully saturated rings. The number of phosphoric ester groups is 1. The number of aliphatic hydroxyl groups is 1. The van der Waals surface area contributed by atoms with E-state index in [0.717, 1.165) is 128 Å². The van der Waals surface area contributed by atoms with Gasteiger partial charge in [0.25, 0.3) is 0 Å². The Hall–Kier alpha value is -3.86. The average molecular weight is 1030 g/mol. The minimum Gasteiger partial charge on any atom is -0.462 e. The highest BCUT2D eigenvalue weighted by Gasteiger charge is 2.28. The number of carbonyl (C=O) groups excluding carboxylic acids is 3. The first-order valence-electron chi connectivity index (χ1n) is 27.8. The maximum atomic E-state index is 12.9. The Morgan fingerprint density at radius 3 is 1.12 bits per heavy atom. The Balaban J connectivity index is 4.82. The third-order valence-corrected chi connectivity index (χ3v) is 12.1. The minimum atomic E-state index is -4.77. The Bertz CT molecular complexity index is 1620. The number of aliphatic hydroxyl groups excluding tert-OH is 1. The van der Waals surface area contributed by atoms with Crippen molar-refractivity contribution in [2.24, 2.45) is 0 Å². The van der Waals surface area contributed by atoms with E-state index in [9.17, 15) is 28.9 Å². The van der Waals surface area contributed by atoms with Crippen LogP contribution in [0, 0.1) is 0 Å². The summed E-state index contributed by atoms with van der Waals surface area (Å²) < 4.78 is 39.4. The van der Waals surface area contributed by atoms with Gasteiger partial charge in [-0.25, -0.2) is 4.57 Å². The van der Waals surface area contributed by atoms with E-state index in [1.165, 1.54) is 25.7 Å². The molecule has 3 atom stereocenters. The molecule has 0 aliphatic rings. The fourth-order valence-electron chi connectivity index (χ4n) is 6.98. The Morgan fingerprint density at radius 1 is 0.403 bits per heavy atom. The van der Waals surface area contributed by atoms with Gasteiger partial charge in [-0.3, -0.25) is 23.4 Å². The summed E-state index contributed by atoms with van der Waals surface area (Å²) in [5.41, 5.74) is 0. The summed E-state index contributed by atoms with van der Waals surface area (Å²) in [5.74, 6) is -1.56. The largest absolute Gasteiger partial charge is 0.472 e. The summed E-state index contributed by atoms with van der Waals surface area (Å²) >= 11 is 0. The van der Waals surface area contributed by atoms with Crippen molar-refractivity contribution in [2.75, 3.05) is 26.4 Å². The van der Waals surface area contributed by atoms with Gasteiger partial charge in [0.05, 0.1) is 19.8 Å². The predicted octanol–water partition coefficient (Wildman–Crippen LogP) is 16.2. The molecule has 12 heteroatoms. The zero-order valence-corrected chi connectivity index (χ0v) is 46.0. The van der Waals surface area contributed by atoms with Crippen LogP contribution in [0.3, 0.4) is 0 Å². The first kappa shape index (κ1) is 68.1. The molecule has 0 rings (SSSR count). The van der Waals surface area contributed by atoms with E-state index in [0.29, 0.717) is 19.3 Å². The molecule has 0 radical (unpaired) electrons. The van der Waals surface area contributed by atoms with Crippen LogP contribution in [-0.4, -0.2) is 66.5 Å². The van der Waals surface area contributed by atoms with Crippen molar-refractivity contribution in [1.29, 1.82) is 0 Å². The molecule has 0 aliphatic carbocycles. The standard InChI is InChI=1S/C60H99O11P/c1-4-7-10-13-16-19-22-25-26-27-28-29-30-33-36-39-42-45-48-51-60(64)71-57(53-67-58(62)49-46-43-40-37-34-31-23-20-17-14-11-8-5-2)55-69-72(65,66)68-54-56(52-61)70-59(63)50-47-44-41-38-35-32-24-21-18-15-12-9-6-3/h8-9,11-12,16-21,25-26,28-29,31-32,34-35,56-57,61H,4-7,10,13-15,22-24,27,30,33,36-55H2,1-3H3,(H,65,66)/b11-8-,12-9-,19-16-,20-17-,21-18-,26-25-,29-28-,34-31-,35-32-. The molecule has 0 aromatic rings. The maximum absolute atomic E-state index is 12.9. The van der Waals surface area contributed by atoms with Gasteiger partial charge in [0.1, 0.15) is 12.7 Å². The topological polar surface area (TPSA) is 155 Å². The van der Waals surface area contributed by atoms with Crippen molar-refractivity contribution >= 4 is 25.7 Å². The van der Waals surface area contributed by atoms with E-state index >= 15 is 0 Å². The van der Waals surface area contributed by atoms with Gasteiger partial charge in [0.2, 0.25) is 0 Å². The van der Waals surface area contributed by atoms with Crippen LogP contribution in [0.25, 0.3) is 0 Å². The molecule has 0 spiro atoms. The zero-order chi connectivity index (χ0) is 52.7. The highest BCUT2D eigenvalue weighted by atomic mass is 31.2. The highest BCUT2D eigenvalue weighted by Crippen LogP contribution is 2.43. The summed E-state index contributed by atoms with van der Waals surface area (Å²) in [6, 6.07) is 0. The number of ether oxygens (including phenoxy) is 3. The molecule has 0 aromatic heterocycles. The second kappa shape index (κ2) is 53.4. The number of esters is 3. The molecule has 0 aliphatic heterocycles. The molecule has 3 unspecified atom stereocenters. The SMILES string of the molecule is CC/C=C\C/C=C\C/C=C\CCCCCC(=O)OCC(COP(=O)(O)OCC(CO)OC(=O)CCCCC/C=C\C/C=C\C/C=C\CC)OC(=O)CCCCCCCC/C=C\C/C=C\C/C=C\CCCCC. The Morgan fingerprint density at radius 2 is 0.722 bits per heavy atom. The van der Waals surface area contributed by atoms with Crippen molar-refractivity contribution in [3.8, 4) is 0 Å². The van der Waals surface area contributed by atoms with Gasteiger partial charge in [-0.15, -0.1) is 0 Å². The molecule has 72 heavy (non-hydrogen) atoms. The first-order valence-corrected chi connectivity index (χ1v) is 29.3. The van der Waals surface area contributed by atoms with Crippen LogP contribution in [0.4, 0.5) is 0 Å². The number of allylic oxidation sites excluding steroid dienone is 18. The summed E-state index contributed by atoms with van der Waals surface area (Å²) in [7, 11) is -4.77. The van der Waals surface area contributed by atoms with Gasteiger partial charge in [-0.05, 0) is 122 Å². The van der Waals surface area contributed by atoms with Crippen molar-refractivity contribution < 1.29 is 52.2 Å². The second-order valence-corrected chi connectivity index (χ2v) is 19.4. The lowest BCUT2D eigenvalue weighted by Crippen LogP contribution is -2.30. The lowest BCUT2D eigenvalue weighted by Gasteiger charge is -2.21. The van der Waals surface area contributed by atoms with Crippen LogP contribution in [-0.2, 0) is 42.2 Å². The van der Waals surface area contributed by atoms with Crippen molar-refractivity contribution in [2.45, 2.75) is 226 Å². The predicted molar refractivity (Wildman–Crippen MR) is 297 cm³/mol. The first-order chi connectivity index (χ1) is 35.2. The van der Waals surface area contributed by atoms with E-state index < -0.39 is 57.8 Å². The van der Waals surface area contributed by atoms with Crippen molar-refractivity contribution in [3.63, 3.8) is 0 Å². The molecule has 0 heterocycles. The molecule has 410 valence electrons. The fourth-order valence-corrected chi connectivity index (χ4v) is 7.76. The van der Waals surface area contributed by atoms with Gasteiger partial charge >= 0.3 is 25.7 Å². The second-order valence-electron chi connectivity index (χ2n) is 18.0. The van der Waals surface area contributed by atoms with E-state index in [2.05, 4.69) is 130 Å². The Labute approximate surface area is 437 Å². The van der Waals surface area contributed by atoms with Crippen LogP contribution in [0.1, 0.15) is 213 Å². The highest BCUT2D eigenvalue weighted by molar-refractivity contribution is 7.47. The van der Waals surface area contributed by atoms with Gasteiger partial charge < -0.3 is 24.2 Å². The van der Waals surface area contributed by atoms with Gasteiger partial charge in [-0.2, -0.15) is 0 Å². The molecular formula is C60H99O11P.